The van der Waals surface area contributed by atoms with Crippen molar-refractivity contribution in [2.24, 2.45) is 0 Å². The second-order valence-electron chi connectivity index (χ2n) is 6.41. The van der Waals surface area contributed by atoms with Crippen LogP contribution in [-0.4, -0.2) is 48.1 Å². The van der Waals surface area contributed by atoms with Crippen molar-refractivity contribution in [3.8, 4) is 0 Å². The quantitative estimate of drug-likeness (QED) is 0.938. The maximum Gasteiger partial charge on any atom is 0.256 e. The normalized spacial score (nSPS) is 15.9. The fourth-order valence-electron chi connectivity index (χ4n) is 2.88. The first-order valence-corrected chi connectivity index (χ1v) is 8.12. The first-order valence-electron chi connectivity index (χ1n) is 8.12. The molecule has 0 bridgehead atoms. The maximum atomic E-state index is 12.5. The Hall–Kier alpha value is -2.14. The van der Waals surface area contributed by atoms with Gasteiger partial charge in [0.25, 0.3) is 5.56 Å². The molecule has 2 heterocycles. The van der Waals surface area contributed by atoms with E-state index in [1.54, 1.807) is 0 Å². The maximum absolute atomic E-state index is 12.5. The Morgan fingerprint density at radius 3 is 2.35 bits per heavy atom. The van der Waals surface area contributed by atoms with E-state index in [1.165, 1.54) is 5.56 Å². The molecule has 3 rings (SSSR count). The third-order valence-corrected chi connectivity index (χ3v) is 4.51. The highest BCUT2D eigenvalue weighted by Gasteiger charge is 2.18. The zero-order chi connectivity index (χ0) is 16.4. The average Bonchev–Trinajstić information content (AvgIpc) is 2.53. The second-order valence-corrected chi connectivity index (χ2v) is 6.41. The van der Waals surface area contributed by atoms with Crippen molar-refractivity contribution in [1.29, 1.82) is 0 Å². The Labute approximate surface area is 137 Å². The van der Waals surface area contributed by atoms with Crippen LogP contribution >= 0.6 is 0 Å². The summed E-state index contributed by atoms with van der Waals surface area (Å²) in [5.41, 5.74) is 3.92. The van der Waals surface area contributed by atoms with Crippen LogP contribution in [0.2, 0.25) is 0 Å². The number of likely N-dealkylation sites (N-methyl/N-ethyl adjacent to an activating group) is 1. The highest BCUT2D eigenvalue weighted by Crippen LogP contribution is 2.14. The number of H-pyrrole nitrogens is 1. The largest absolute Gasteiger partial charge is 0.340 e. The molecular formula is C18H24N4O. The van der Waals surface area contributed by atoms with Crippen LogP contribution in [0.15, 0.2) is 29.1 Å². The van der Waals surface area contributed by atoms with E-state index in [1.807, 2.05) is 6.92 Å². The van der Waals surface area contributed by atoms with Crippen LogP contribution in [0.5, 0.6) is 0 Å². The number of aromatic nitrogens is 2. The molecule has 122 valence electrons. The molecule has 1 fully saturated rings. The zero-order valence-corrected chi connectivity index (χ0v) is 14.1. The highest BCUT2D eigenvalue weighted by molar-refractivity contribution is 5.36. The third-order valence-electron chi connectivity index (χ3n) is 4.51. The van der Waals surface area contributed by atoms with Gasteiger partial charge >= 0.3 is 0 Å². The van der Waals surface area contributed by atoms with E-state index in [9.17, 15) is 4.79 Å². The summed E-state index contributed by atoms with van der Waals surface area (Å²) in [6.45, 7) is 7.78. The Kier molecular flexibility index (Phi) is 4.48. The first-order chi connectivity index (χ1) is 11.0. The molecule has 0 atom stereocenters. The summed E-state index contributed by atoms with van der Waals surface area (Å²) in [7, 11) is 2.11. The molecular weight excluding hydrogens is 288 g/mol. The molecule has 0 radical (unpaired) electrons. The predicted octanol–water partition coefficient (Wildman–Crippen LogP) is 1.73. The predicted molar refractivity (Wildman–Crippen MR) is 93.3 cm³/mol. The smallest absolute Gasteiger partial charge is 0.256 e. The van der Waals surface area contributed by atoms with Crippen LogP contribution in [0.25, 0.3) is 0 Å². The summed E-state index contributed by atoms with van der Waals surface area (Å²) < 4.78 is 0. The van der Waals surface area contributed by atoms with Gasteiger partial charge in [-0.05, 0) is 26.5 Å². The number of rotatable bonds is 3. The molecule has 0 amide bonds. The SMILES string of the molecule is Cc1ccc(Cc2c(C)nc(N3CCN(C)CC3)[nH]c2=O)cc1. The lowest BCUT2D eigenvalue weighted by Crippen LogP contribution is -2.45. The van der Waals surface area contributed by atoms with Crippen molar-refractivity contribution >= 4 is 5.95 Å². The van der Waals surface area contributed by atoms with Crippen LogP contribution in [0, 0.1) is 13.8 Å². The van der Waals surface area contributed by atoms with Crippen molar-refractivity contribution in [2.45, 2.75) is 20.3 Å². The molecule has 1 aliphatic rings. The minimum Gasteiger partial charge on any atom is -0.340 e. The number of nitrogens with one attached hydrogen (secondary N) is 1. The van der Waals surface area contributed by atoms with Gasteiger partial charge in [0, 0.05) is 38.2 Å². The topological polar surface area (TPSA) is 52.2 Å². The zero-order valence-electron chi connectivity index (χ0n) is 14.1. The number of nitrogens with zero attached hydrogens (tertiary/aromatic N) is 3. The summed E-state index contributed by atoms with van der Waals surface area (Å²) in [6.07, 6.45) is 0.622. The van der Waals surface area contributed by atoms with Gasteiger partial charge in [-0.3, -0.25) is 9.78 Å². The van der Waals surface area contributed by atoms with E-state index < -0.39 is 0 Å². The Morgan fingerprint density at radius 2 is 1.74 bits per heavy atom. The molecule has 1 aromatic carbocycles. The van der Waals surface area contributed by atoms with Gasteiger partial charge in [-0.25, -0.2) is 4.98 Å². The van der Waals surface area contributed by atoms with Gasteiger partial charge in [0.15, 0.2) is 0 Å². The number of benzene rings is 1. The van der Waals surface area contributed by atoms with Crippen molar-refractivity contribution in [3.05, 3.63) is 57.0 Å². The summed E-state index contributed by atoms with van der Waals surface area (Å²) >= 11 is 0. The van der Waals surface area contributed by atoms with E-state index in [0.717, 1.165) is 43.0 Å². The fraction of sp³-hybridized carbons (Fsp3) is 0.444. The van der Waals surface area contributed by atoms with Gasteiger partial charge in [0.2, 0.25) is 5.95 Å². The third kappa shape index (κ3) is 3.62. The van der Waals surface area contributed by atoms with Gasteiger partial charge in [-0.15, -0.1) is 0 Å². The average molecular weight is 312 g/mol. The molecule has 5 nitrogen and oxygen atoms in total. The highest BCUT2D eigenvalue weighted by atomic mass is 16.1. The van der Waals surface area contributed by atoms with Crippen LogP contribution in [0.1, 0.15) is 22.4 Å². The van der Waals surface area contributed by atoms with E-state index >= 15 is 0 Å². The summed E-state index contributed by atoms with van der Waals surface area (Å²) in [4.78, 5) is 24.6. The van der Waals surface area contributed by atoms with Crippen LogP contribution in [-0.2, 0) is 6.42 Å². The number of hydrogen-bond donors (Lipinski definition) is 1. The van der Waals surface area contributed by atoms with Crippen molar-refractivity contribution < 1.29 is 0 Å². The lowest BCUT2D eigenvalue weighted by atomic mass is 10.0. The molecule has 1 N–H and O–H groups in total. The van der Waals surface area contributed by atoms with Crippen molar-refractivity contribution in [1.82, 2.24) is 14.9 Å². The molecule has 5 heteroatoms. The first kappa shape index (κ1) is 15.7. The number of hydrogen-bond acceptors (Lipinski definition) is 4. The van der Waals surface area contributed by atoms with E-state index in [4.69, 9.17) is 0 Å². The van der Waals surface area contributed by atoms with Crippen molar-refractivity contribution in [3.63, 3.8) is 0 Å². The molecule has 0 saturated carbocycles. The van der Waals surface area contributed by atoms with Gasteiger partial charge in [0.1, 0.15) is 0 Å². The number of piperazine rings is 1. The molecule has 1 aliphatic heterocycles. The minimum absolute atomic E-state index is 0.0213. The monoisotopic (exact) mass is 312 g/mol. The molecule has 1 aromatic heterocycles. The Balaban J connectivity index is 1.83. The minimum atomic E-state index is -0.0213. The van der Waals surface area contributed by atoms with Gasteiger partial charge in [0.05, 0.1) is 5.69 Å². The Bertz CT molecular complexity index is 728. The van der Waals surface area contributed by atoms with Gasteiger partial charge in [-0.1, -0.05) is 29.8 Å². The number of anilines is 1. The fourth-order valence-corrected chi connectivity index (χ4v) is 2.88. The van der Waals surface area contributed by atoms with Gasteiger partial charge < -0.3 is 9.80 Å². The summed E-state index contributed by atoms with van der Waals surface area (Å²) in [5.74, 6) is 0.702. The lowest BCUT2D eigenvalue weighted by molar-refractivity contribution is 0.311. The molecule has 1 saturated heterocycles. The van der Waals surface area contributed by atoms with E-state index in [0.29, 0.717) is 12.4 Å². The number of aryl methyl sites for hydroxylation is 2. The lowest BCUT2D eigenvalue weighted by Gasteiger charge is -2.32. The van der Waals surface area contributed by atoms with Crippen LogP contribution in [0.4, 0.5) is 5.95 Å². The number of aromatic amines is 1. The Morgan fingerprint density at radius 1 is 1.09 bits per heavy atom. The van der Waals surface area contributed by atoms with E-state index in [2.05, 4.69) is 58.0 Å². The second kappa shape index (κ2) is 6.54. The molecule has 0 unspecified atom stereocenters. The molecule has 0 aliphatic carbocycles. The molecule has 2 aromatic rings. The van der Waals surface area contributed by atoms with Crippen LogP contribution < -0.4 is 10.5 Å². The van der Waals surface area contributed by atoms with Crippen LogP contribution in [0.3, 0.4) is 0 Å². The van der Waals surface area contributed by atoms with E-state index in [-0.39, 0.29) is 5.56 Å². The standard InChI is InChI=1S/C18H24N4O/c1-13-4-6-15(7-5-13)12-16-14(2)19-18(20-17(16)23)22-10-8-21(3)9-11-22/h4-7H,8-12H2,1-3H3,(H,19,20,23). The molecule has 23 heavy (non-hydrogen) atoms. The summed E-state index contributed by atoms with van der Waals surface area (Å²) in [6, 6.07) is 8.29. The molecule has 0 spiro atoms. The van der Waals surface area contributed by atoms with Gasteiger partial charge in [-0.2, -0.15) is 0 Å². The summed E-state index contributed by atoms with van der Waals surface area (Å²) in [5, 5.41) is 0. The van der Waals surface area contributed by atoms with Crippen molar-refractivity contribution in [2.75, 3.05) is 38.1 Å².